The predicted molar refractivity (Wildman–Crippen MR) is 59.0 cm³/mol. The van der Waals surface area contributed by atoms with Crippen LogP contribution >= 0.6 is 0 Å². The Balaban J connectivity index is 3.73. The molecule has 0 saturated heterocycles. The number of carbonyl (C=O) groups is 2. The molecule has 0 bridgehead atoms. The van der Waals surface area contributed by atoms with Crippen LogP contribution in [0.2, 0.25) is 0 Å². The minimum atomic E-state index is -0.565. The fraction of sp³-hybridized carbons (Fsp3) is 0.800. The van der Waals surface area contributed by atoms with E-state index in [0.717, 1.165) is 0 Å². The molecule has 0 saturated carbocycles. The molecule has 0 aliphatic carbocycles. The highest BCUT2D eigenvalue weighted by Crippen LogP contribution is 1.83. The van der Waals surface area contributed by atoms with Crippen LogP contribution in [0, 0.1) is 0 Å². The van der Waals surface area contributed by atoms with E-state index in [1.165, 1.54) is 0 Å². The average Bonchev–Trinajstić information content (AvgIpc) is 2.26. The Morgan fingerprint density at radius 1 is 1.38 bits per heavy atom. The third-order valence-electron chi connectivity index (χ3n) is 1.81. The summed E-state index contributed by atoms with van der Waals surface area (Å²) in [5, 5.41) is 5.15. The first-order valence-electron chi connectivity index (χ1n) is 5.25. The molecule has 1 atom stereocenters. The number of methoxy groups -OCH3 is 1. The maximum atomic E-state index is 11.4. The Kier molecular flexibility index (Phi) is 8.46. The summed E-state index contributed by atoms with van der Waals surface area (Å²) in [6, 6.07) is -0.565. The number of carbonyl (C=O) groups excluding carboxylic acids is 2. The molecule has 0 rings (SSSR count). The minimum absolute atomic E-state index is 0.0216. The highest BCUT2D eigenvalue weighted by atomic mass is 16.5. The van der Waals surface area contributed by atoms with Gasteiger partial charge in [-0.05, 0) is 13.8 Å². The zero-order valence-electron chi connectivity index (χ0n) is 10.0. The topological polar surface area (TPSA) is 76.7 Å². The Morgan fingerprint density at radius 2 is 2.06 bits per heavy atom. The van der Waals surface area contributed by atoms with Crippen LogP contribution in [0.5, 0.6) is 0 Å². The zero-order chi connectivity index (χ0) is 12.4. The molecule has 0 spiro atoms. The van der Waals surface area contributed by atoms with E-state index in [1.54, 1.807) is 21.0 Å². The second-order valence-corrected chi connectivity index (χ2v) is 3.21. The second kappa shape index (κ2) is 9.11. The first-order chi connectivity index (χ1) is 7.61. The second-order valence-electron chi connectivity index (χ2n) is 3.21. The zero-order valence-corrected chi connectivity index (χ0v) is 10.0. The average molecular weight is 232 g/mol. The van der Waals surface area contributed by atoms with Crippen molar-refractivity contribution in [2.24, 2.45) is 0 Å². The van der Waals surface area contributed by atoms with Gasteiger partial charge in [-0.3, -0.25) is 9.59 Å². The Labute approximate surface area is 95.7 Å². The molecule has 0 aromatic rings. The first-order valence-corrected chi connectivity index (χ1v) is 5.25. The monoisotopic (exact) mass is 232 g/mol. The molecule has 0 aromatic carbocycles. The number of nitrogens with one attached hydrogen (secondary N) is 2. The highest BCUT2D eigenvalue weighted by molar-refractivity contribution is 5.87. The highest BCUT2D eigenvalue weighted by Gasteiger charge is 2.14. The summed E-state index contributed by atoms with van der Waals surface area (Å²) >= 11 is 0. The smallest absolute Gasteiger partial charge is 0.246 e. The summed E-state index contributed by atoms with van der Waals surface area (Å²) in [5.41, 5.74) is 0. The van der Waals surface area contributed by atoms with E-state index < -0.39 is 6.04 Å². The SMILES string of the molecule is CCOCC(=O)NC(C)C(=O)NCCOC. The number of hydrogen-bond acceptors (Lipinski definition) is 4. The Bertz CT molecular complexity index is 221. The van der Waals surface area contributed by atoms with Gasteiger partial charge in [-0.1, -0.05) is 0 Å². The molecule has 0 aliphatic rings. The van der Waals surface area contributed by atoms with E-state index >= 15 is 0 Å². The summed E-state index contributed by atoms with van der Waals surface area (Å²) in [6.45, 7) is 4.75. The Hall–Kier alpha value is -1.14. The molecular formula is C10H20N2O4. The summed E-state index contributed by atoms with van der Waals surface area (Å²) in [6.07, 6.45) is 0. The van der Waals surface area contributed by atoms with Crippen LogP contribution in [-0.2, 0) is 19.1 Å². The van der Waals surface area contributed by atoms with Crippen molar-refractivity contribution in [2.75, 3.05) is 33.5 Å². The standard InChI is InChI=1S/C10H20N2O4/c1-4-16-7-9(13)12-8(2)10(14)11-5-6-15-3/h8H,4-7H2,1-3H3,(H,11,14)(H,12,13). The molecule has 0 aliphatic heterocycles. The van der Waals surface area contributed by atoms with Crippen molar-refractivity contribution in [1.82, 2.24) is 10.6 Å². The van der Waals surface area contributed by atoms with Gasteiger partial charge in [-0.2, -0.15) is 0 Å². The van der Waals surface area contributed by atoms with Gasteiger partial charge in [0.05, 0.1) is 6.61 Å². The third-order valence-corrected chi connectivity index (χ3v) is 1.81. The number of ether oxygens (including phenoxy) is 2. The molecule has 1 unspecified atom stereocenters. The van der Waals surface area contributed by atoms with Crippen LogP contribution in [-0.4, -0.2) is 51.3 Å². The van der Waals surface area contributed by atoms with E-state index in [1.807, 2.05) is 0 Å². The summed E-state index contributed by atoms with van der Waals surface area (Å²) in [4.78, 5) is 22.6. The van der Waals surface area contributed by atoms with Gasteiger partial charge < -0.3 is 20.1 Å². The van der Waals surface area contributed by atoms with E-state index in [0.29, 0.717) is 19.8 Å². The third kappa shape index (κ3) is 7.19. The van der Waals surface area contributed by atoms with Crippen molar-refractivity contribution in [3.8, 4) is 0 Å². The van der Waals surface area contributed by atoms with Gasteiger partial charge >= 0.3 is 0 Å². The van der Waals surface area contributed by atoms with Crippen molar-refractivity contribution in [3.05, 3.63) is 0 Å². The van der Waals surface area contributed by atoms with E-state index in [2.05, 4.69) is 10.6 Å². The van der Waals surface area contributed by atoms with Crippen molar-refractivity contribution in [1.29, 1.82) is 0 Å². The molecule has 2 amide bonds. The number of hydrogen-bond donors (Lipinski definition) is 2. The lowest BCUT2D eigenvalue weighted by atomic mass is 10.3. The Morgan fingerprint density at radius 3 is 2.62 bits per heavy atom. The van der Waals surface area contributed by atoms with Crippen molar-refractivity contribution < 1.29 is 19.1 Å². The van der Waals surface area contributed by atoms with Gasteiger partial charge in [-0.25, -0.2) is 0 Å². The first kappa shape index (κ1) is 14.9. The normalized spacial score (nSPS) is 11.9. The molecular weight excluding hydrogens is 212 g/mol. The molecule has 0 aromatic heterocycles. The van der Waals surface area contributed by atoms with Gasteiger partial charge in [-0.15, -0.1) is 0 Å². The van der Waals surface area contributed by atoms with E-state index in [4.69, 9.17) is 9.47 Å². The largest absolute Gasteiger partial charge is 0.383 e. The van der Waals surface area contributed by atoms with E-state index in [-0.39, 0.29) is 18.4 Å². The predicted octanol–water partition coefficient (Wildman–Crippen LogP) is -0.710. The van der Waals surface area contributed by atoms with Gasteiger partial charge in [0.1, 0.15) is 12.6 Å². The molecule has 6 nitrogen and oxygen atoms in total. The number of amides is 2. The molecule has 6 heteroatoms. The van der Waals surface area contributed by atoms with Crippen LogP contribution in [0.1, 0.15) is 13.8 Å². The quantitative estimate of drug-likeness (QED) is 0.542. The van der Waals surface area contributed by atoms with Crippen molar-refractivity contribution >= 4 is 11.8 Å². The molecule has 16 heavy (non-hydrogen) atoms. The minimum Gasteiger partial charge on any atom is -0.383 e. The maximum absolute atomic E-state index is 11.4. The van der Waals surface area contributed by atoms with Crippen LogP contribution < -0.4 is 10.6 Å². The summed E-state index contributed by atoms with van der Waals surface area (Å²) in [7, 11) is 1.56. The molecule has 0 radical (unpaired) electrons. The van der Waals surface area contributed by atoms with Crippen LogP contribution in [0.3, 0.4) is 0 Å². The van der Waals surface area contributed by atoms with Gasteiger partial charge in [0.25, 0.3) is 0 Å². The van der Waals surface area contributed by atoms with Crippen LogP contribution in [0.15, 0.2) is 0 Å². The van der Waals surface area contributed by atoms with Gasteiger partial charge in [0.15, 0.2) is 0 Å². The van der Waals surface area contributed by atoms with Gasteiger partial charge in [0.2, 0.25) is 11.8 Å². The van der Waals surface area contributed by atoms with Crippen LogP contribution in [0.25, 0.3) is 0 Å². The lowest BCUT2D eigenvalue weighted by molar-refractivity contribution is -0.131. The molecule has 94 valence electrons. The maximum Gasteiger partial charge on any atom is 0.246 e. The van der Waals surface area contributed by atoms with E-state index in [9.17, 15) is 9.59 Å². The van der Waals surface area contributed by atoms with Crippen molar-refractivity contribution in [2.45, 2.75) is 19.9 Å². The molecule has 0 heterocycles. The fourth-order valence-electron chi connectivity index (χ4n) is 0.973. The molecule has 2 N–H and O–H groups in total. The lowest BCUT2D eigenvalue weighted by Gasteiger charge is -2.13. The lowest BCUT2D eigenvalue weighted by Crippen LogP contribution is -2.46. The molecule has 0 fully saturated rings. The van der Waals surface area contributed by atoms with Crippen LogP contribution in [0.4, 0.5) is 0 Å². The fourth-order valence-corrected chi connectivity index (χ4v) is 0.973. The van der Waals surface area contributed by atoms with Gasteiger partial charge in [0, 0.05) is 20.3 Å². The summed E-state index contributed by atoms with van der Waals surface area (Å²) < 4.78 is 9.69. The number of rotatable bonds is 8. The summed E-state index contributed by atoms with van der Waals surface area (Å²) in [5.74, 6) is -0.530. The van der Waals surface area contributed by atoms with Crippen molar-refractivity contribution in [3.63, 3.8) is 0 Å².